The van der Waals surface area contributed by atoms with Gasteiger partial charge in [-0.25, -0.2) is 0 Å². The number of hydrogen-bond donors (Lipinski definition) is 1. The van der Waals surface area contributed by atoms with Crippen molar-refractivity contribution in [3.8, 4) is 0 Å². The molecule has 1 atom stereocenters. The lowest BCUT2D eigenvalue weighted by Gasteiger charge is -2.23. The van der Waals surface area contributed by atoms with Crippen LogP contribution in [0.4, 0.5) is 5.69 Å². The number of aromatic nitrogens is 2. The first-order valence-corrected chi connectivity index (χ1v) is 9.46. The zero-order valence-corrected chi connectivity index (χ0v) is 16.1. The van der Waals surface area contributed by atoms with Crippen LogP contribution in [0, 0.1) is 6.92 Å². The largest absolute Gasteiger partial charge is 0.377 e. The minimum Gasteiger partial charge on any atom is -0.377 e. The third kappa shape index (κ3) is 5.77. The van der Waals surface area contributed by atoms with Crippen molar-refractivity contribution >= 4 is 17.7 Å². The van der Waals surface area contributed by atoms with E-state index >= 15 is 0 Å². The van der Waals surface area contributed by atoms with Crippen LogP contribution in [0.15, 0.2) is 42.6 Å². The number of rotatable bonds is 8. The SMILES string of the molecule is Cc1c(NC(=O)CN(CC=Cc2ccccc2)CC2CCCO2)cnn1C. The van der Waals surface area contributed by atoms with Crippen molar-refractivity contribution in [2.75, 3.05) is 31.6 Å². The van der Waals surface area contributed by atoms with Crippen molar-refractivity contribution in [3.63, 3.8) is 0 Å². The normalized spacial score (nSPS) is 17.1. The molecule has 1 aromatic carbocycles. The van der Waals surface area contributed by atoms with Crippen molar-refractivity contribution in [3.05, 3.63) is 53.9 Å². The molecule has 1 amide bonds. The highest BCUT2D eigenvalue weighted by atomic mass is 16.5. The molecule has 2 aromatic rings. The van der Waals surface area contributed by atoms with Gasteiger partial charge >= 0.3 is 0 Å². The molecule has 0 aliphatic carbocycles. The van der Waals surface area contributed by atoms with Crippen molar-refractivity contribution < 1.29 is 9.53 Å². The van der Waals surface area contributed by atoms with Gasteiger partial charge in [0.2, 0.25) is 5.91 Å². The van der Waals surface area contributed by atoms with Crippen molar-refractivity contribution in [2.45, 2.75) is 25.9 Å². The molecule has 6 nitrogen and oxygen atoms in total. The Morgan fingerprint density at radius 3 is 2.89 bits per heavy atom. The molecule has 1 N–H and O–H groups in total. The summed E-state index contributed by atoms with van der Waals surface area (Å²) in [5.41, 5.74) is 2.86. The van der Waals surface area contributed by atoms with E-state index in [1.165, 1.54) is 0 Å². The lowest BCUT2D eigenvalue weighted by Crippen LogP contribution is -2.38. The van der Waals surface area contributed by atoms with Crippen molar-refractivity contribution in [2.24, 2.45) is 7.05 Å². The predicted molar refractivity (Wildman–Crippen MR) is 107 cm³/mol. The van der Waals surface area contributed by atoms with Gasteiger partial charge in [0.15, 0.2) is 0 Å². The molecular weight excluding hydrogens is 340 g/mol. The average Bonchev–Trinajstić information content (AvgIpc) is 3.28. The summed E-state index contributed by atoms with van der Waals surface area (Å²) in [4.78, 5) is 14.7. The molecule has 1 unspecified atom stereocenters. The molecule has 1 saturated heterocycles. The lowest BCUT2D eigenvalue weighted by atomic mass is 10.2. The smallest absolute Gasteiger partial charge is 0.238 e. The first-order chi connectivity index (χ1) is 13.1. The number of nitrogens with one attached hydrogen (secondary N) is 1. The molecular formula is C21H28N4O2. The fourth-order valence-electron chi connectivity index (χ4n) is 3.20. The van der Waals surface area contributed by atoms with Gasteiger partial charge in [0, 0.05) is 26.7 Å². The van der Waals surface area contributed by atoms with Crippen LogP contribution in [0.25, 0.3) is 6.08 Å². The van der Waals surface area contributed by atoms with Gasteiger partial charge in [0.25, 0.3) is 0 Å². The number of carbonyl (C=O) groups is 1. The van der Waals surface area contributed by atoms with E-state index in [4.69, 9.17) is 4.74 Å². The van der Waals surface area contributed by atoms with Crippen LogP contribution < -0.4 is 5.32 Å². The minimum absolute atomic E-state index is 0.0304. The molecule has 1 aliphatic rings. The van der Waals surface area contributed by atoms with E-state index in [-0.39, 0.29) is 12.0 Å². The number of ether oxygens (including phenoxy) is 1. The van der Waals surface area contributed by atoms with Crippen molar-refractivity contribution in [1.29, 1.82) is 0 Å². The van der Waals surface area contributed by atoms with Gasteiger partial charge in [0.05, 0.1) is 30.2 Å². The molecule has 2 heterocycles. The molecule has 27 heavy (non-hydrogen) atoms. The van der Waals surface area contributed by atoms with Crippen LogP contribution in [-0.4, -0.2) is 52.9 Å². The zero-order valence-electron chi connectivity index (χ0n) is 16.1. The van der Waals surface area contributed by atoms with Crippen LogP contribution in [0.5, 0.6) is 0 Å². The van der Waals surface area contributed by atoms with Crippen LogP contribution in [0.2, 0.25) is 0 Å². The summed E-state index contributed by atoms with van der Waals surface area (Å²) in [5, 5.41) is 7.14. The Labute approximate surface area is 160 Å². The average molecular weight is 368 g/mol. The van der Waals surface area contributed by atoms with E-state index in [1.807, 2.05) is 32.2 Å². The van der Waals surface area contributed by atoms with Gasteiger partial charge in [-0.15, -0.1) is 0 Å². The Morgan fingerprint density at radius 2 is 2.22 bits per heavy atom. The number of amides is 1. The highest BCUT2D eigenvalue weighted by molar-refractivity contribution is 5.92. The van der Waals surface area contributed by atoms with Crippen LogP contribution in [0.3, 0.4) is 0 Å². The fraction of sp³-hybridized carbons (Fsp3) is 0.429. The molecule has 1 fully saturated rings. The zero-order chi connectivity index (χ0) is 19.1. The van der Waals surface area contributed by atoms with Crippen LogP contribution in [-0.2, 0) is 16.6 Å². The van der Waals surface area contributed by atoms with Gasteiger partial charge in [-0.3, -0.25) is 14.4 Å². The van der Waals surface area contributed by atoms with E-state index in [0.29, 0.717) is 13.1 Å². The van der Waals surface area contributed by atoms with E-state index in [1.54, 1.807) is 10.9 Å². The van der Waals surface area contributed by atoms with E-state index in [0.717, 1.165) is 42.9 Å². The van der Waals surface area contributed by atoms with Gasteiger partial charge < -0.3 is 10.1 Å². The maximum atomic E-state index is 12.5. The van der Waals surface area contributed by atoms with E-state index in [9.17, 15) is 4.79 Å². The second-order valence-corrected chi connectivity index (χ2v) is 6.96. The Bertz CT molecular complexity index is 764. The molecule has 3 rings (SSSR count). The first kappa shape index (κ1) is 19.3. The predicted octanol–water partition coefficient (Wildman–Crippen LogP) is 2.86. The molecule has 0 spiro atoms. The number of benzene rings is 1. The number of hydrogen-bond acceptors (Lipinski definition) is 4. The summed E-state index contributed by atoms with van der Waals surface area (Å²) in [7, 11) is 1.86. The second kappa shape index (κ2) is 9.48. The molecule has 0 radical (unpaired) electrons. The second-order valence-electron chi connectivity index (χ2n) is 6.96. The number of nitrogens with zero attached hydrogens (tertiary/aromatic N) is 3. The molecule has 144 valence electrons. The molecule has 0 saturated carbocycles. The quantitative estimate of drug-likeness (QED) is 0.778. The summed E-state index contributed by atoms with van der Waals surface area (Å²) >= 11 is 0. The van der Waals surface area contributed by atoms with E-state index in [2.05, 4.69) is 39.6 Å². The number of anilines is 1. The standard InChI is InChI=1S/C21H28N4O2/c1-17-20(14-22-24(17)2)23-21(26)16-25(15-19-11-7-13-27-19)12-6-10-18-8-4-3-5-9-18/h3-6,8-10,14,19H,7,11-13,15-16H2,1-2H3,(H,23,26). The molecule has 0 bridgehead atoms. The summed E-state index contributed by atoms with van der Waals surface area (Å²) in [6, 6.07) is 10.2. The highest BCUT2D eigenvalue weighted by Crippen LogP contribution is 2.15. The van der Waals surface area contributed by atoms with Gasteiger partial charge in [-0.05, 0) is 25.3 Å². The summed E-state index contributed by atoms with van der Waals surface area (Å²) in [6.45, 7) is 4.55. The summed E-state index contributed by atoms with van der Waals surface area (Å²) in [5.74, 6) is -0.0304. The number of carbonyl (C=O) groups excluding carboxylic acids is 1. The summed E-state index contributed by atoms with van der Waals surface area (Å²) in [6.07, 6.45) is 8.25. The monoisotopic (exact) mass is 368 g/mol. The third-order valence-electron chi connectivity index (χ3n) is 4.84. The minimum atomic E-state index is -0.0304. The first-order valence-electron chi connectivity index (χ1n) is 9.46. The molecule has 1 aromatic heterocycles. The van der Waals surface area contributed by atoms with Gasteiger partial charge in [0.1, 0.15) is 0 Å². The third-order valence-corrected chi connectivity index (χ3v) is 4.84. The van der Waals surface area contributed by atoms with Crippen LogP contribution >= 0.6 is 0 Å². The van der Waals surface area contributed by atoms with Gasteiger partial charge in [-0.1, -0.05) is 42.5 Å². The maximum absolute atomic E-state index is 12.5. The molecule has 6 heteroatoms. The maximum Gasteiger partial charge on any atom is 0.238 e. The highest BCUT2D eigenvalue weighted by Gasteiger charge is 2.20. The Balaban J connectivity index is 1.59. The Hall–Kier alpha value is -2.44. The fourth-order valence-corrected chi connectivity index (χ4v) is 3.20. The lowest BCUT2D eigenvalue weighted by molar-refractivity contribution is -0.117. The molecule has 1 aliphatic heterocycles. The Morgan fingerprint density at radius 1 is 1.41 bits per heavy atom. The van der Waals surface area contributed by atoms with Crippen molar-refractivity contribution in [1.82, 2.24) is 14.7 Å². The van der Waals surface area contributed by atoms with E-state index < -0.39 is 0 Å². The van der Waals surface area contributed by atoms with Gasteiger partial charge in [-0.2, -0.15) is 5.10 Å². The topological polar surface area (TPSA) is 59.4 Å². The van der Waals surface area contributed by atoms with Crippen LogP contribution in [0.1, 0.15) is 24.1 Å². The summed E-state index contributed by atoms with van der Waals surface area (Å²) < 4.78 is 7.51. The number of aryl methyl sites for hydroxylation is 1. The Kier molecular flexibility index (Phi) is 6.79.